The number of anilines is 1. The number of carbonyl (C=O) groups is 1. The second kappa shape index (κ2) is 8.50. The number of nitriles is 1. The van der Waals surface area contributed by atoms with Crippen LogP contribution in [0.5, 0.6) is 0 Å². The fourth-order valence-corrected chi connectivity index (χ4v) is 2.74. The lowest BCUT2D eigenvalue weighted by atomic mass is 9.99. The molecule has 0 saturated heterocycles. The zero-order valence-electron chi connectivity index (χ0n) is 14.2. The fourth-order valence-electron chi connectivity index (χ4n) is 2.74. The molecule has 4 nitrogen and oxygen atoms in total. The summed E-state index contributed by atoms with van der Waals surface area (Å²) in [6.07, 6.45) is 0. The van der Waals surface area contributed by atoms with Gasteiger partial charge in [0.05, 0.1) is 24.2 Å². The van der Waals surface area contributed by atoms with E-state index in [1.54, 1.807) is 18.2 Å². The smallest absolute Gasteiger partial charge is 0.240 e. The number of carbonyl (C=O) groups excluding carboxylic acids is 1. The molecule has 0 heterocycles. The summed E-state index contributed by atoms with van der Waals surface area (Å²) in [5, 5.41) is 15.1. The van der Waals surface area contributed by atoms with E-state index >= 15 is 0 Å². The molecule has 0 aromatic heterocycles. The zero-order chi connectivity index (χ0) is 18.2. The molecule has 26 heavy (non-hydrogen) atoms. The van der Waals surface area contributed by atoms with Gasteiger partial charge in [0.25, 0.3) is 0 Å². The Labute approximate surface area is 153 Å². The Kier molecular flexibility index (Phi) is 5.64. The van der Waals surface area contributed by atoms with E-state index in [4.69, 9.17) is 5.26 Å². The van der Waals surface area contributed by atoms with E-state index in [-0.39, 0.29) is 18.5 Å². The van der Waals surface area contributed by atoms with Crippen LogP contribution in [-0.4, -0.2) is 12.5 Å². The van der Waals surface area contributed by atoms with E-state index in [9.17, 15) is 4.79 Å². The number of rotatable bonds is 6. The Hall–Kier alpha value is -3.58. The van der Waals surface area contributed by atoms with Crippen LogP contribution in [0, 0.1) is 11.3 Å². The third-order valence-corrected chi connectivity index (χ3v) is 4.02. The molecule has 1 amide bonds. The first-order valence-electron chi connectivity index (χ1n) is 8.39. The summed E-state index contributed by atoms with van der Waals surface area (Å²) in [6, 6.07) is 28.7. The highest BCUT2D eigenvalue weighted by atomic mass is 16.1. The Morgan fingerprint density at radius 1 is 0.885 bits per heavy atom. The number of benzene rings is 3. The summed E-state index contributed by atoms with van der Waals surface area (Å²) in [5.41, 5.74) is 3.36. The van der Waals surface area contributed by atoms with Crippen molar-refractivity contribution in [2.45, 2.75) is 6.04 Å². The number of nitrogens with zero attached hydrogens (tertiary/aromatic N) is 1. The molecule has 0 radical (unpaired) electrons. The molecule has 3 aromatic carbocycles. The highest BCUT2D eigenvalue weighted by Gasteiger charge is 2.16. The Bertz CT molecular complexity index is 862. The molecular formula is C22H19N3O. The van der Waals surface area contributed by atoms with Crippen molar-refractivity contribution in [3.8, 4) is 6.07 Å². The topological polar surface area (TPSA) is 64.9 Å². The first kappa shape index (κ1) is 17.2. The summed E-state index contributed by atoms with van der Waals surface area (Å²) < 4.78 is 0. The van der Waals surface area contributed by atoms with Gasteiger partial charge in [0, 0.05) is 5.69 Å². The van der Waals surface area contributed by atoms with Crippen molar-refractivity contribution in [3.05, 3.63) is 102 Å². The van der Waals surface area contributed by atoms with E-state index < -0.39 is 0 Å². The number of nitrogens with one attached hydrogen (secondary N) is 2. The van der Waals surface area contributed by atoms with Gasteiger partial charge in [-0.15, -0.1) is 0 Å². The number of hydrogen-bond donors (Lipinski definition) is 2. The molecule has 0 saturated carbocycles. The van der Waals surface area contributed by atoms with Gasteiger partial charge in [-0.25, -0.2) is 0 Å². The van der Waals surface area contributed by atoms with Crippen LogP contribution in [0.15, 0.2) is 84.9 Å². The minimum atomic E-state index is -0.211. The van der Waals surface area contributed by atoms with Crippen molar-refractivity contribution in [1.82, 2.24) is 5.32 Å². The zero-order valence-corrected chi connectivity index (χ0v) is 14.2. The SMILES string of the molecule is N#Cc1cccc(NCC(=O)NC(c2ccccc2)c2ccccc2)c1. The van der Waals surface area contributed by atoms with E-state index in [2.05, 4.69) is 16.7 Å². The monoisotopic (exact) mass is 341 g/mol. The van der Waals surface area contributed by atoms with Crippen molar-refractivity contribution in [2.75, 3.05) is 11.9 Å². The lowest BCUT2D eigenvalue weighted by Gasteiger charge is -2.20. The van der Waals surface area contributed by atoms with Crippen LogP contribution in [0.2, 0.25) is 0 Å². The maximum atomic E-state index is 12.5. The fraction of sp³-hybridized carbons (Fsp3) is 0.0909. The predicted molar refractivity (Wildman–Crippen MR) is 103 cm³/mol. The Morgan fingerprint density at radius 2 is 1.50 bits per heavy atom. The van der Waals surface area contributed by atoms with E-state index in [0.717, 1.165) is 16.8 Å². The number of hydrogen-bond acceptors (Lipinski definition) is 3. The van der Waals surface area contributed by atoms with E-state index in [0.29, 0.717) is 5.56 Å². The summed E-state index contributed by atoms with van der Waals surface area (Å²) in [6.45, 7) is 0.130. The summed E-state index contributed by atoms with van der Waals surface area (Å²) in [5.74, 6) is -0.120. The third-order valence-electron chi connectivity index (χ3n) is 4.02. The molecule has 0 unspecified atom stereocenters. The number of amides is 1. The van der Waals surface area contributed by atoms with Crippen LogP contribution in [0.3, 0.4) is 0 Å². The van der Waals surface area contributed by atoms with E-state index in [1.807, 2.05) is 66.7 Å². The summed E-state index contributed by atoms with van der Waals surface area (Å²) in [7, 11) is 0. The highest BCUT2D eigenvalue weighted by molar-refractivity contribution is 5.81. The lowest BCUT2D eigenvalue weighted by Crippen LogP contribution is -2.33. The molecule has 3 rings (SSSR count). The maximum Gasteiger partial charge on any atom is 0.240 e. The van der Waals surface area contributed by atoms with Gasteiger partial charge in [0.1, 0.15) is 0 Å². The molecule has 128 valence electrons. The second-order valence-electron chi connectivity index (χ2n) is 5.87. The molecule has 0 aliphatic heterocycles. The van der Waals surface area contributed by atoms with Gasteiger partial charge in [0.2, 0.25) is 5.91 Å². The third kappa shape index (κ3) is 4.49. The quantitative estimate of drug-likeness (QED) is 0.715. The molecular weight excluding hydrogens is 322 g/mol. The average molecular weight is 341 g/mol. The second-order valence-corrected chi connectivity index (χ2v) is 5.87. The van der Waals surface area contributed by atoms with Crippen molar-refractivity contribution >= 4 is 11.6 Å². The Morgan fingerprint density at radius 3 is 2.08 bits per heavy atom. The average Bonchev–Trinajstić information content (AvgIpc) is 2.72. The standard InChI is InChI=1S/C22H19N3O/c23-15-17-8-7-13-20(14-17)24-16-21(26)25-22(18-9-3-1-4-10-18)19-11-5-2-6-12-19/h1-14,22,24H,16H2,(H,25,26). The summed E-state index contributed by atoms with van der Waals surface area (Å²) in [4.78, 5) is 12.5. The molecule has 0 bridgehead atoms. The van der Waals surface area contributed by atoms with Crippen molar-refractivity contribution in [3.63, 3.8) is 0 Å². The van der Waals surface area contributed by atoms with E-state index in [1.165, 1.54) is 0 Å². The van der Waals surface area contributed by atoms with Gasteiger partial charge in [-0.3, -0.25) is 4.79 Å². The van der Waals surface area contributed by atoms with Gasteiger partial charge in [-0.05, 0) is 29.3 Å². The Balaban J connectivity index is 1.70. The largest absolute Gasteiger partial charge is 0.376 e. The van der Waals surface area contributed by atoms with Gasteiger partial charge in [-0.2, -0.15) is 5.26 Å². The molecule has 2 N–H and O–H groups in total. The molecule has 0 aliphatic carbocycles. The van der Waals surface area contributed by atoms with Crippen molar-refractivity contribution < 1.29 is 4.79 Å². The highest BCUT2D eigenvalue weighted by Crippen LogP contribution is 2.21. The predicted octanol–water partition coefficient (Wildman–Crippen LogP) is 3.88. The molecule has 0 aliphatic rings. The van der Waals surface area contributed by atoms with Gasteiger partial charge in [-0.1, -0.05) is 66.7 Å². The minimum absolute atomic E-state index is 0.120. The minimum Gasteiger partial charge on any atom is -0.376 e. The first-order chi connectivity index (χ1) is 12.8. The van der Waals surface area contributed by atoms with Crippen molar-refractivity contribution in [2.24, 2.45) is 0 Å². The molecule has 0 atom stereocenters. The van der Waals surface area contributed by atoms with Crippen LogP contribution in [0.4, 0.5) is 5.69 Å². The summed E-state index contributed by atoms with van der Waals surface area (Å²) >= 11 is 0. The molecule has 3 aromatic rings. The lowest BCUT2D eigenvalue weighted by molar-refractivity contribution is -0.119. The van der Waals surface area contributed by atoms with Crippen LogP contribution < -0.4 is 10.6 Å². The van der Waals surface area contributed by atoms with Crippen LogP contribution >= 0.6 is 0 Å². The normalized spacial score (nSPS) is 10.2. The van der Waals surface area contributed by atoms with Crippen LogP contribution in [-0.2, 0) is 4.79 Å². The first-order valence-corrected chi connectivity index (χ1v) is 8.39. The van der Waals surface area contributed by atoms with Gasteiger partial charge < -0.3 is 10.6 Å². The molecule has 0 fully saturated rings. The maximum absolute atomic E-state index is 12.5. The van der Waals surface area contributed by atoms with Crippen molar-refractivity contribution in [1.29, 1.82) is 5.26 Å². The van der Waals surface area contributed by atoms with Crippen LogP contribution in [0.25, 0.3) is 0 Å². The molecule has 4 heteroatoms. The van der Waals surface area contributed by atoms with Crippen LogP contribution in [0.1, 0.15) is 22.7 Å². The van der Waals surface area contributed by atoms with Gasteiger partial charge in [0.15, 0.2) is 0 Å². The van der Waals surface area contributed by atoms with Gasteiger partial charge >= 0.3 is 0 Å². The molecule has 0 spiro atoms.